The molecule has 2 aromatic rings. The molecule has 3 heterocycles. The molecule has 0 saturated carbocycles. The van der Waals surface area contributed by atoms with Crippen molar-refractivity contribution in [1.82, 2.24) is 18.7 Å². The van der Waals surface area contributed by atoms with E-state index in [4.69, 9.17) is 0 Å². The first kappa shape index (κ1) is 12.9. The van der Waals surface area contributed by atoms with Crippen molar-refractivity contribution in [3.8, 4) is 0 Å². The van der Waals surface area contributed by atoms with E-state index in [0.29, 0.717) is 11.2 Å². The minimum atomic E-state index is -0.348. The van der Waals surface area contributed by atoms with E-state index in [2.05, 4.69) is 15.2 Å². The van der Waals surface area contributed by atoms with E-state index in [-0.39, 0.29) is 11.2 Å². The van der Waals surface area contributed by atoms with Gasteiger partial charge >= 0.3 is 5.69 Å². The topological polar surface area (TPSA) is 81.7 Å². The highest BCUT2D eigenvalue weighted by molar-refractivity contribution is 5.74. The molecule has 20 heavy (non-hydrogen) atoms. The van der Waals surface area contributed by atoms with E-state index < -0.39 is 0 Å². The van der Waals surface area contributed by atoms with Crippen molar-refractivity contribution < 1.29 is 5.32 Å². The summed E-state index contributed by atoms with van der Waals surface area (Å²) in [4.78, 5) is 30.9. The first-order chi connectivity index (χ1) is 9.52. The lowest BCUT2D eigenvalue weighted by molar-refractivity contribution is -0.655. The van der Waals surface area contributed by atoms with Crippen molar-refractivity contribution in [2.45, 2.75) is 0 Å². The van der Waals surface area contributed by atoms with Crippen LogP contribution in [0.5, 0.6) is 0 Å². The van der Waals surface area contributed by atoms with Crippen molar-refractivity contribution in [1.29, 1.82) is 0 Å². The molecule has 0 aliphatic carbocycles. The molecule has 0 aromatic carbocycles. The van der Waals surface area contributed by atoms with Crippen molar-refractivity contribution in [3.05, 3.63) is 20.8 Å². The lowest BCUT2D eigenvalue weighted by Gasteiger charge is -2.25. The van der Waals surface area contributed by atoms with Gasteiger partial charge in [0.1, 0.15) is 0 Å². The van der Waals surface area contributed by atoms with Gasteiger partial charge in [0.15, 0.2) is 11.2 Å². The van der Waals surface area contributed by atoms with Crippen LogP contribution < -0.4 is 21.5 Å². The molecule has 108 valence electrons. The number of aromatic nitrogens is 4. The monoisotopic (exact) mass is 279 g/mol. The molecule has 1 saturated heterocycles. The molecule has 2 N–H and O–H groups in total. The van der Waals surface area contributed by atoms with Crippen LogP contribution in [0, 0.1) is 0 Å². The Labute approximate surface area is 115 Å². The fourth-order valence-electron chi connectivity index (χ4n) is 2.74. The van der Waals surface area contributed by atoms with Crippen LogP contribution in [0.4, 0.5) is 5.95 Å². The predicted molar refractivity (Wildman–Crippen MR) is 75.1 cm³/mol. The van der Waals surface area contributed by atoms with E-state index in [1.54, 1.807) is 11.6 Å². The molecular formula is C12H19N6O2+. The number of anilines is 1. The number of fused-ring (bicyclic) bond motifs is 1. The molecular weight excluding hydrogens is 260 g/mol. The molecule has 1 aliphatic rings. The highest BCUT2D eigenvalue weighted by Crippen LogP contribution is 2.17. The minimum Gasteiger partial charge on any atom is -0.343 e. The SMILES string of the molecule is Cn1c(=O)c2c(nc(N3CC[NH2+]CC3)n2C)n(C)c1=O. The minimum absolute atomic E-state index is 0.298. The van der Waals surface area contributed by atoms with Gasteiger partial charge in [0.25, 0.3) is 5.56 Å². The van der Waals surface area contributed by atoms with Gasteiger partial charge in [0.05, 0.1) is 26.2 Å². The third kappa shape index (κ3) is 1.68. The Morgan fingerprint density at radius 2 is 1.65 bits per heavy atom. The molecule has 8 heteroatoms. The number of hydrogen-bond donors (Lipinski definition) is 1. The zero-order chi connectivity index (χ0) is 14.4. The Morgan fingerprint density at radius 1 is 1.00 bits per heavy atom. The highest BCUT2D eigenvalue weighted by Gasteiger charge is 2.22. The van der Waals surface area contributed by atoms with E-state index >= 15 is 0 Å². The van der Waals surface area contributed by atoms with Crippen LogP contribution in [-0.2, 0) is 21.1 Å². The number of nitrogens with zero attached hydrogens (tertiary/aromatic N) is 5. The van der Waals surface area contributed by atoms with Crippen LogP contribution in [0.15, 0.2) is 9.59 Å². The van der Waals surface area contributed by atoms with Crippen LogP contribution in [0.25, 0.3) is 11.2 Å². The van der Waals surface area contributed by atoms with Gasteiger partial charge in [-0.1, -0.05) is 0 Å². The van der Waals surface area contributed by atoms with Crippen molar-refractivity contribution in [3.63, 3.8) is 0 Å². The largest absolute Gasteiger partial charge is 0.343 e. The van der Waals surface area contributed by atoms with Gasteiger partial charge in [-0.2, -0.15) is 4.98 Å². The second kappa shape index (κ2) is 4.48. The average Bonchev–Trinajstić information content (AvgIpc) is 2.81. The summed E-state index contributed by atoms with van der Waals surface area (Å²) >= 11 is 0. The van der Waals surface area contributed by atoms with Crippen molar-refractivity contribution in [2.24, 2.45) is 21.1 Å². The fourth-order valence-corrected chi connectivity index (χ4v) is 2.74. The summed E-state index contributed by atoms with van der Waals surface area (Å²) in [6, 6.07) is 0. The third-order valence-electron chi connectivity index (χ3n) is 3.94. The first-order valence-corrected chi connectivity index (χ1v) is 6.71. The normalized spacial score (nSPS) is 16.1. The number of piperazine rings is 1. The molecule has 0 radical (unpaired) electrons. The molecule has 3 rings (SSSR count). The van der Waals surface area contributed by atoms with Crippen LogP contribution in [0.1, 0.15) is 0 Å². The molecule has 0 bridgehead atoms. The second-order valence-electron chi connectivity index (χ2n) is 5.20. The maximum atomic E-state index is 12.3. The summed E-state index contributed by atoms with van der Waals surface area (Å²) in [5, 5.41) is 2.26. The molecule has 0 amide bonds. The van der Waals surface area contributed by atoms with Crippen LogP contribution in [0.2, 0.25) is 0 Å². The zero-order valence-corrected chi connectivity index (χ0v) is 12.0. The average molecular weight is 279 g/mol. The molecule has 1 fully saturated rings. The molecule has 2 aromatic heterocycles. The van der Waals surface area contributed by atoms with Gasteiger partial charge in [-0.3, -0.25) is 13.9 Å². The number of imidazole rings is 1. The molecule has 0 unspecified atom stereocenters. The standard InChI is InChI=1S/C12H18N6O2/c1-15-8-9(16(2)12(20)17(3)10(8)19)14-11(15)18-6-4-13-5-7-18/h13H,4-7H2,1-3H3/p+1. The van der Waals surface area contributed by atoms with Gasteiger partial charge < -0.3 is 14.8 Å². The Morgan fingerprint density at radius 3 is 2.30 bits per heavy atom. The van der Waals surface area contributed by atoms with E-state index in [0.717, 1.165) is 36.7 Å². The molecule has 1 aliphatic heterocycles. The van der Waals surface area contributed by atoms with Crippen LogP contribution in [-0.4, -0.2) is 44.9 Å². The third-order valence-corrected chi connectivity index (χ3v) is 3.94. The van der Waals surface area contributed by atoms with Gasteiger partial charge in [-0.15, -0.1) is 0 Å². The maximum Gasteiger partial charge on any atom is 0.332 e. The molecule has 8 nitrogen and oxygen atoms in total. The fraction of sp³-hybridized carbons (Fsp3) is 0.583. The summed E-state index contributed by atoms with van der Waals surface area (Å²) < 4.78 is 4.34. The predicted octanol–water partition coefficient (Wildman–Crippen LogP) is -2.65. The number of quaternary nitrogens is 1. The van der Waals surface area contributed by atoms with E-state index in [1.165, 1.54) is 11.6 Å². The second-order valence-corrected chi connectivity index (χ2v) is 5.20. The Hall–Kier alpha value is -2.09. The van der Waals surface area contributed by atoms with Gasteiger partial charge in [-0.05, 0) is 0 Å². The number of rotatable bonds is 1. The zero-order valence-electron chi connectivity index (χ0n) is 12.0. The number of hydrogen-bond acceptors (Lipinski definition) is 4. The van der Waals surface area contributed by atoms with Crippen molar-refractivity contribution >= 4 is 17.1 Å². The number of nitrogens with two attached hydrogens (primary N) is 1. The van der Waals surface area contributed by atoms with Crippen LogP contribution >= 0.6 is 0 Å². The maximum absolute atomic E-state index is 12.3. The smallest absolute Gasteiger partial charge is 0.332 e. The highest BCUT2D eigenvalue weighted by atomic mass is 16.2. The van der Waals surface area contributed by atoms with Gasteiger partial charge in [0, 0.05) is 21.1 Å². The Kier molecular flexibility index (Phi) is 2.89. The summed E-state index contributed by atoms with van der Waals surface area (Å²) in [6.07, 6.45) is 0. The summed E-state index contributed by atoms with van der Waals surface area (Å²) in [5.74, 6) is 0.756. The number of aryl methyl sites for hydroxylation is 2. The van der Waals surface area contributed by atoms with E-state index in [1.807, 2.05) is 7.05 Å². The van der Waals surface area contributed by atoms with Gasteiger partial charge in [0.2, 0.25) is 5.95 Å². The van der Waals surface area contributed by atoms with Gasteiger partial charge in [-0.25, -0.2) is 4.79 Å². The molecule has 0 atom stereocenters. The molecule has 0 spiro atoms. The lowest BCUT2D eigenvalue weighted by Crippen LogP contribution is -2.89. The Balaban J connectivity index is 2.29. The van der Waals surface area contributed by atoms with E-state index in [9.17, 15) is 9.59 Å². The van der Waals surface area contributed by atoms with Crippen molar-refractivity contribution in [2.75, 3.05) is 31.1 Å². The summed E-state index contributed by atoms with van der Waals surface area (Å²) in [6.45, 7) is 3.82. The summed E-state index contributed by atoms with van der Waals surface area (Å²) in [5.41, 5.74) is 0.274. The quantitative estimate of drug-likeness (QED) is 0.618. The first-order valence-electron chi connectivity index (χ1n) is 6.71. The lowest BCUT2D eigenvalue weighted by atomic mass is 10.4. The Bertz CT molecular complexity index is 778. The van der Waals surface area contributed by atoms with Crippen LogP contribution in [0.3, 0.4) is 0 Å². The summed E-state index contributed by atoms with van der Waals surface area (Å²) in [7, 11) is 4.96.